The van der Waals surface area contributed by atoms with E-state index < -0.39 is 6.09 Å². The molecule has 0 saturated carbocycles. The number of benzene rings is 2. The molecule has 7 heteroatoms. The van der Waals surface area contributed by atoms with E-state index in [1.807, 2.05) is 36.4 Å². The molecule has 25 heavy (non-hydrogen) atoms. The standard InChI is InChI=1S/C18H18ClN3O3/c19-14-6-7-15-16(10-14)20-21-17(15)11-22(8-9-23)18(24)25-12-13-4-2-1-3-5-13/h1-7,10,23H,8-9,11-12H2,(H,20,21). The zero-order valence-corrected chi connectivity index (χ0v) is 14.2. The second-order valence-electron chi connectivity index (χ2n) is 5.55. The minimum absolute atomic E-state index is 0.154. The number of fused-ring (bicyclic) bond motifs is 1. The monoisotopic (exact) mass is 359 g/mol. The fourth-order valence-corrected chi connectivity index (χ4v) is 2.68. The molecule has 3 rings (SSSR count). The summed E-state index contributed by atoms with van der Waals surface area (Å²) in [7, 11) is 0. The Kier molecular flexibility index (Phi) is 5.53. The van der Waals surface area contributed by atoms with Gasteiger partial charge in [0.05, 0.1) is 24.4 Å². The van der Waals surface area contributed by atoms with Gasteiger partial charge in [-0.25, -0.2) is 4.79 Å². The van der Waals surface area contributed by atoms with Crippen LogP contribution in [0.5, 0.6) is 0 Å². The highest BCUT2D eigenvalue weighted by atomic mass is 35.5. The summed E-state index contributed by atoms with van der Waals surface area (Å²) < 4.78 is 5.34. The first kappa shape index (κ1) is 17.3. The highest BCUT2D eigenvalue weighted by Crippen LogP contribution is 2.21. The summed E-state index contributed by atoms with van der Waals surface area (Å²) in [6.45, 7) is 0.452. The zero-order valence-electron chi connectivity index (χ0n) is 13.5. The Morgan fingerprint density at radius 1 is 1.24 bits per heavy atom. The number of halogens is 1. The Balaban J connectivity index is 1.70. The van der Waals surface area contributed by atoms with Crippen LogP contribution >= 0.6 is 11.6 Å². The van der Waals surface area contributed by atoms with Gasteiger partial charge in [-0.05, 0) is 23.8 Å². The first-order valence-electron chi connectivity index (χ1n) is 7.86. The van der Waals surface area contributed by atoms with Crippen molar-refractivity contribution >= 4 is 28.6 Å². The molecule has 6 nitrogen and oxygen atoms in total. The Bertz CT molecular complexity index is 851. The molecule has 2 N–H and O–H groups in total. The molecule has 1 amide bonds. The number of amides is 1. The molecular formula is C18H18ClN3O3. The van der Waals surface area contributed by atoms with Crippen LogP contribution in [0.25, 0.3) is 10.9 Å². The highest BCUT2D eigenvalue weighted by Gasteiger charge is 2.18. The quantitative estimate of drug-likeness (QED) is 0.707. The van der Waals surface area contributed by atoms with Gasteiger partial charge in [-0.2, -0.15) is 5.10 Å². The predicted octanol–water partition coefficient (Wildman–Crippen LogP) is 3.35. The molecule has 0 aliphatic heterocycles. The lowest BCUT2D eigenvalue weighted by Crippen LogP contribution is -2.33. The number of hydrogen-bond acceptors (Lipinski definition) is 4. The Labute approximate surface area is 150 Å². The van der Waals surface area contributed by atoms with Gasteiger partial charge >= 0.3 is 6.09 Å². The van der Waals surface area contributed by atoms with Crippen molar-refractivity contribution in [1.82, 2.24) is 15.1 Å². The molecule has 0 spiro atoms. The van der Waals surface area contributed by atoms with Crippen LogP contribution in [0.4, 0.5) is 4.79 Å². The number of aliphatic hydroxyl groups is 1. The molecular weight excluding hydrogens is 342 g/mol. The fourth-order valence-electron chi connectivity index (χ4n) is 2.52. The highest BCUT2D eigenvalue weighted by molar-refractivity contribution is 6.31. The van der Waals surface area contributed by atoms with Crippen LogP contribution in [-0.2, 0) is 17.9 Å². The van der Waals surface area contributed by atoms with Crippen LogP contribution in [0, 0.1) is 0 Å². The number of aliphatic hydroxyl groups excluding tert-OH is 1. The molecule has 1 heterocycles. The van der Waals surface area contributed by atoms with Gasteiger partial charge in [-0.1, -0.05) is 41.9 Å². The average Bonchev–Trinajstić information content (AvgIpc) is 3.02. The van der Waals surface area contributed by atoms with E-state index in [-0.39, 0.29) is 26.3 Å². The summed E-state index contributed by atoms with van der Waals surface area (Å²) in [4.78, 5) is 13.8. The van der Waals surface area contributed by atoms with Gasteiger partial charge in [0.25, 0.3) is 0 Å². The van der Waals surface area contributed by atoms with Crippen molar-refractivity contribution < 1.29 is 14.6 Å². The van der Waals surface area contributed by atoms with Crippen molar-refractivity contribution in [2.75, 3.05) is 13.2 Å². The number of ether oxygens (including phenoxy) is 1. The third-order valence-electron chi connectivity index (χ3n) is 3.78. The number of rotatable bonds is 6. The van der Waals surface area contributed by atoms with Crippen molar-refractivity contribution in [3.8, 4) is 0 Å². The van der Waals surface area contributed by atoms with Crippen molar-refractivity contribution in [2.24, 2.45) is 0 Å². The Morgan fingerprint density at radius 3 is 2.80 bits per heavy atom. The van der Waals surface area contributed by atoms with E-state index in [2.05, 4.69) is 10.2 Å². The van der Waals surface area contributed by atoms with Gasteiger partial charge < -0.3 is 14.7 Å². The normalized spacial score (nSPS) is 10.8. The molecule has 0 fully saturated rings. The van der Waals surface area contributed by atoms with Gasteiger partial charge in [-0.15, -0.1) is 0 Å². The zero-order chi connectivity index (χ0) is 17.6. The SMILES string of the molecule is O=C(OCc1ccccc1)N(CCO)Cc1[nH]nc2cc(Cl)ccc12. The molecule has 3 aromatic rings. The van der Waals surface area contributed by atoms with E-state index in [1.165, 1.54) is 4.90 Å². The number of nitrogens with zero attached hydrogens (tertiary/aromatic N) is 2. The van der Waals surface area contributed by atoms with Gasteiger partial charge in [0, 0.05) is 17.0 Å². The molecule has 0 aliphatic carbocycles. The van der Waals surface area contributed by atoms with Crippen molar-refractivity contribution in [2.45, 2.75) is 13.2 Å². The first-order chi connectivity index (χ1) is 12.2. The lowest BCUT2D eigenvalue weighted by Gasteiger charge is -2.20. The molecule has 0 atom stereocenters. The van der Waals surface area contributed by atoms with Crippen molar-refractivity contribution in [3.05, 3.63) is 64.8 Å². The maximum absolute atomic E-state index is 12.4. The maximum Gasteiger partial charge on any atom is 0.410 e. The molecule has 0 bridgehead atoms. The molecule has 0 aliphatic rings. The topological polar surface area (TPSA) is 78.5 Å². The third-order valence-corrected chi connectivity index (χ3v) is 4.01. The van der Waals surface area contributed by atoms with Gasteiger partial charge in [0.1, 0.15) is 6.61 Å². The molecule has 0 radical (unpaired) electrons. The van der Waals surface area contributed by atoms with Crippen LogP contribution < -0.4 is 0 Å². The van der Waals surface area contributed by atoms with Gasteiger partial charge in [0.2, 0.25) is 0 Å². The number of carbonyl (C=O) groups excluding carboxylic acids is 1. The molecule has 1 aromatic heterocycles. The minimum atomic E-state index is -0.491. The largest absolute Gasteiger partial charge is 0.445 e. The smallest absolute Gasteiger partial charge is 0.410 e. The number of H-pyrrole nitrogens is 1. The minimum Gasteiger partial charge on any atom is -0.445 e. The summed E-state index contributed by atoms with van der Waals surface area (Å²) in [5.41, 5.74) is 2.39. The second kappa shape index (κ2) is 8.00. The summed E-state index contributed by atoms with van der Waals surface area (Å²) in [5.74, 6) is 0. The van der Waals surface area contributed by atoms with E-state index in [1.54, 1.807) is 12.1 Å². The number of aromatic amines is 1. The van der Waals surface area contributed by atoms with Crippen LogP contribution in [-0.4, -0.2) is 39.4 Å². The molecule has 0 unspecified atom stereocenters. The van der Waals surface area contributed by atoms with Crippen LogP contribution in [0.3, 0.4) is 0 Å². The van der Waals surface area contributed by atoms with E-state index >= 15 is 0 Å². The molecule has 2 aromatic carbocycles. The summed E-state index contributed by atoms with van der Waals surface area (Å²) in [5, 5.41) is 17.8. The van der Waals surface area contributed by atoms with E-state index in [9.17, 15) is 9.90 Å². The average molecular weight is 360 g/mol. The Morgan fingerprint density at radius 2 is 2.04 bits per heavy atom. The number of hydrogen-bond donors (Lipinski definition) is 2. The van der Waals surface area contributed by atoms with Crippen molar-refractivity contribution in [1.29, 1.82) is 0 Å². The van der Waals surface area contributed by atoms with Crippen LogP contribution in [0.2, 0.25) is 5.02 Å². The predicted molar refractivity (Wildman–Crippen MR) is 95.2 cm³/mol. The van der Waals surface area contributed by atoms with Crippen molar-refractivity contribution in [3.63, 3.8) is 0 Å². The van der Waals surface area contributed by atoms with Gasteiger partial charge in [0.15, 0.2) is 0 Å². The van der Waals surface area contributed by atoms with Crippen LogP contribution in [0.1, 0.15) is 11.3 Å². The van der Waals surface area contributed by atoms with E-state index in [0.29, 0.717) is 5.02 Å². The molecule has 130 valence electrons. The third kappa shape index (κ3) is 4.29. The summed E-state index contributed by atoms with van der Waals surface area (Å²) in [6, 6.07) is 14.8. The first-order valence-corrected chi connectivity index (χ1v) is 8.24. The molecule has 0 saturated heterocycles. The number of nitrogens with one attached hydrogen (secondary N) is 1. The number of carbonyl (C=O) groups is 1. The number of aromatic nitrogens is 2. The lowest BCUT2D eigenvalue weighted by molar-refractivity contribution is 0.0855. The lowest BCUT2D eigenvalue weighted by atomic mass is 10.2. The summed E-state index contributed by atoms with van der Waals surface area (Å²) in [6.07, 6.45) is -0.491. The fraction of sp³-hybridized carbons (Fsp3) is 0.222. The summed E-state index contributed by atoms with van der Waals surface area (Å²) >= 11 is 5.96. The van der Waals surface area contributed by atoms with E-state index in [4.69, 9.17) is 16.3 Å². The Hall–Kier alpha value is -2.57. The van der Waals surface area contributed by atoms with E-state index in [0.717, 1.165) is 22.2 Å². The van der Waals surface area contributed by atoms with Gasteiger partial charge in [-0.3, -0.25) is 5.10 Å². The second-order valence-corrected chi connectivity index (χ2v) is 5.99. The maximum atomic E-state index is 12.4. The van der Waals surface area contributed by atoms with Crippen LogP contribution in [0.15, 0.2) is 48.5 Å².